The first-order valence-electron chi connectivity index (χ1n) is 6.55. The van der Waals surface area contributed by atoms with Crippen LogP contribution in [0.2, 0.25) is 0 Å². The highest BCUT2D eigenvalue weighted by molar-refractivity contribution is 5.80. The quantitative estimate of drug-likeness (QED) is 0.891. The smallest absolute Gasteiger partial charge is 0.310 e. The zero-order valence-corrected chi connectivity index (χ0v) is 11.5. The van der Waals surface area contributed by atoms with E-state index in [1.165, 1.54) is 5.56 Å². The summed E-state index contributed by atoms with van der Waals surface area (Å²) < 4.78 is 0. The highest BCUT2D eigenvalue weighted by atomic mass is 16.4. The molecular formula is C15H21NO2. The molecule has 2 unspecified atom stereocenters. The molecule has 98 valence electrons. The van der Waals surface area contributed by atoms with Crippen LogP contribution in [0.4, 0.5) is 5.69 Å². The third-order valence-corrected chi connectivity index (χ3v) is 3.85. The number of fused-ring (bicyclic) bond motifs is 1. The fraction of sp³-hybridized carbons (Fsp3) is 0.533. The summed E-state index contributed by atoms with van der Waals surface area (Å²) >= 11 is 0. The summed E-state index contributed by atoms with van der Waals surface area (Å²) in [5.74, 6) is -0.735. The maximum atomic E-state index is 11.2. The Hall–Kier alpha value is -1.51. The molecule has 0 radical (unpaired) electrons. The van der Waals surface area contributed by atoms with Gasteiger partial charge in [-0.05, 0) is 31.9 Å². The van der Waals surface area contributed by atoms with Crippen LogP contribution in [0, 0.1) is 0 Å². The van der Waals surface area contributed by atoms with E-state index in [1.807, 2.05) is 12.1 Å². The molecule has 18 heavy (non-hydrogen) atoms. The van der Waals surface area contributed by atoms with Crippen molar-refractivity contribution in [1.82, 2.24) is 0 Å². The molecule has 0 amide bonds. The lowest BCUT2D eigenvalue weighted by atomic mass is 9.94. The molecule has 0 saturated carbocycles. The fourth-order valence-corrected chi connectivity index (χ4v) is 2.75. The standard InChI is InChI=1S/C15H21NO2/c1-9(2)16-8-10(3)12-6-5-7-13(14(12)16)11(4)15(17)18/h5-7,9-11H,8H2,1-4H3,(H,17,18). The first-order chi connectivity index (χ1) is 8.43. The van der Waals surface area contributed by atoms with Gasteiger partial charge in [0.1, 0.15) is 0 Å². The molecule has 1 aliphatic rings. The van der Waals surface area contributed by atoms with Crippen LogP contribution in [0.15, 0.2) is 18.2 Å². The van der Waals surface area contributed by atoms with Crippen molar-refractivity contribution in [1.29, 1.82) is 0 Å². The Balaban J connectivity index is 2.55. The van der Waals surface area contributed by atoms with Crippen molar-refractivity contribution >= 4 is 11.7 Å². The number of hydrogen-bond acceptors (Lipinski definition) is 2. The molecule has 0 aliphatic carbocycles. The van der Waals surface area contributed by atoms with Gasteiger partial charge in [-0.15, -0.1) is 0 Å². The maximum Gasteiger partial charge on any atom is 0.310 e. The van der Waals surface area contributed by atoms with E-state index >= 15 is 0 Å². The largest absolute Gasteiger partial charge is 0.481 e. The van der Waals surface area contributed by atoms with Crippen molar-refractivity contribution in [3.63, 3.8) is 0 Å². The molecule has 0 aromatic heterocycles. The second-order valence-corrected chi connectivity index (χ2v) is 5.49. The molecule has 1 aromatic rings. The Morgan fingerprint density at radius 3 is 2.61 bits per heavy atom. The summed E-state index contributed by atoms with van der Waals surface area (Å²) in [7, 11) is 0. The van der Waals surface area contributed by atoms with Crippen LogP contribution in [0.1, 0.15) is 50.7 Å². The second kappa shape index (κ2) is 4.63. The van der Waals surface area contributed by atoms with Crippen molar-refractivity contribution in [2.75, 3.05) is 11.4 Å². The van der Waals surface area contributed by atoms with Crippen LogP contribution < -0.4 is 4.90 Å². The van der Waals surface area contributed by atoms with E-state index in [4.69, 9.17) is 0 Å². The van der Waals surface area contributed by atoms with Crippen molar-refractivity contribution in [2.45, 2.75) is 45.6 Å². The molecule has 3 heteroatoms. The topological polar surface area (TPSA) is 40.5 Å². The number of para-hydroxylation sites is 1. The van der Waals surface area contributed by atoms with Crippen molar-refractivity contribution in [2.24, 2.45) is 0 Å². The van der Waals surface area contributed by atoms with Gasteiger partial charge < -0.3 is 10.0 Å². The number of carbonyl (C=O) groups is 1. The Bertz CT molecular complexity index is 468. The molecule has 0 saturated heterocycles. The average Bonchev–Trinajstić information content (AvgIpc) is 2.66. The molecule has 0 fully saturated rings. The molecule has 1 N–H and O–H groups in total. The first kappa shape index (κ1) is 12.9. The highest BCUT2D eigenvalue weighted by Gasteiger charge is 2.31. The van der Waals surface area contributed by atoms with Crippen LogP contribution in [0.5, 0.6) is 0 Å². The maximum absolute atomic E-state index is 11.2. The van der Waals surface area contributed by atoms with E-state index in [0.717, 1.165) is 17.8 Å². The van der Waals surface area contributed by atoms with Crippen LogP contribution in [-0.4, -0.2) is 23.7 Å². The molecule has 2 rings (SSSR count). The van der Waals surface area contributed by atoms with E-state index in [-0.39, 0.29) is 0 Å². The van der Waals surface area contributed by atoms with Crippen molar-refractivity contribution in [3.05, 3.63) is 29.3 Å². The number of hydrogen-bond donors (Lipinski definition) is 1. The van der Waals surface area contributed by atoms with Gasteiger partial charge in [-0.1, -0.05) is 25.1 Å². The molecule has 0 spiro atoms. The molecule has 2 atom stereocenters. The Kier molecular flexibility index (Phi) is 3.33. The van der Waals surface area contributed by atoms with Crippen LogP contribution in [0.25, 0.3) is 0 Å². The Morgan fingerprint density at radius 2 is 2.06 bits per heavy atom. The number of rotatable bonds is 3. The third-order valence-electron chi connectivity index (χ3n) is 3.85. The lowest BCUT2D eigenvalue weighted by Gasteiger charge is -2.27. The van der Waals surface area contributed by atoms with Gasteiger partial charge in [0, 0.05) is 24.2 Å². The number of carboxylic acid groups (broad SMARTS) is 1. The lowest BCUT2D eigenvalue weighted by molar-refractivity contribution is -0.138. The van der Waals surface area contributed by atoms with E-state index in [2.05, 4.69) is 31.7 Å². The Labute approximate surface area is 108 Å². The van der Waals surface area contributed by atoms with Gasteiger partial charge in [0.05, 0.1) is 5.92 Å². The van der Waals surface area contributed by atoms with Gasteiger partial charge in [-0.25, -0.2) is 0 Å². The minimum Gasteiger partial charge on any atom is -0.481 e. The Morgan fingerprint density at radius 1 is 1.39 bits per heavy atom. The fourth-order valence-electron chi connectivity index (χ4n) is 2.75. The van der Waals surface area contributed by atoms with Crippen LogP contribution in [0.3, 0.4) is 0 Å². The van der Waals surface area contributed by atoms with E-state index in [1.54, 1.807) is 6.92 Å². The second-order valence-electron chi connectivity index (χ2n) is 5.49. The van der Waals surface area contributed by atoms with Gasteiger partial charge >= 0.3 is 5.97 Å². The van der Waals surface area contributed by atoms with Gasteiger partial charge in [-0.3, -0.25) is 4.79 Å². The van der Waals surface area contributed by atoms with E-state index in [0.29, 0.717) is 12.0 Å². The molecule has 0 bridgehead atoms. The zero-order valence-electron chi connectivity index (χ0n) is 11.5. The predicted molar refractivity (Wildman–Crippen MR) is 73.4 cm³/mol. The number of nitrogens with zero attached hydrogens (tertiary/aromatic N) is 1. The van der Waals surface area contributed by atoms with Crippen LogP contribution in [-0.2, 0) is 4.79 Å². The minimum atomic E-state index is -0.758. The zero-order chi connectivity index (χ0) is 13.4. The van der Waals surface area contributed by atoms with Crippen molar-refractivity contribution in [3.8, 4) is 0 Å². The molecule has 3 nitrogen and oxygen atoms in total. The monoisotopic (exact) mass is 247 g/mol. The normalized spacial score (nSPS) is 20.1. The van der Waals surface area contributed by atoms with Gasteiger partial charge in [0.25, 0.3) is 0 Å². The summed E-state index contributed by atoms with van der Waals surface area (Å²) in [6, 6.07) is 6.45. The molecule has 1 heterocycles. The number of anilines is 1. The number of carboxylic acids is 1. The van der Waals surface area contributed by atoms with Gasteiger partial charge in [0.2, 0.25) is 0 Å². The summed E-state index contributed by atoms with van der Waals surface area (Å²) in [6.07, 6.45) is 0. The van der Waals surface area contributed by atoms with E-state index < -0.39 is 11.9 Å². The lowest BCUT2D eigenvalue weighted by Crippen LogP contribution is -2.30. The predicted octanol–water partition coefficient (Wildman–Crippen LogP) is 3.21. The summed E-state index contributed by atoms with van der Waals surface area (Å²) in [4.78, 5) is 13.6. The van der Waals surface area contributed by atoms with E-state index in [9.17, 15) is 9.90 Å². The number of aliphatic carboxylic acids is 1. The molecule has 1 aromatic carbocycles. The summed E-state index contributed by atoms with van der Waals surface area (Å²) in [6.45, 7) is 9.26. The number of benzene rings is 1. The minimum absolute atomic E-state index is 0.399. The third kappa shape index (κ3) is 1.98. The van der Waals surface area contributed by atoms with Crippen molar-refractivity contribution < 1.29 is 9.90 Å². The molecular weight excluding hydrogens is 226 g/mol. The van der Waals surface area contributed by atoms with Crippen LogP contribution >= 0.6 is 0 Å². The molecule has 1 aliphatic heterocycles. The average molecular weight is 247 g/mol. The van der Waals surface area contributed by atoms with Gasteiger partial charge in [0.15, 0.2) is 0 Å². The summed E-state index contributed by atoms with van der Waals surface area (Å²) in [5, 5.41) is 9.24. The first-order valence-corrected chi connectivity index (χ1v) is 6.55. The SMILES string of the molecule is CC1CN(C(C)C)c2c1cccc2C(C)C(=O)O. The van der Waals surface area contributed by atoms with Gasteiger partial charge in [-0.2, -0.15) is 0 Å². The summed E-state index contributed by atoms with van der Waals surface area (Å²) in [5.41, 5.74) is 3.38. The highest BCUT2D eigenvalue weighted by Crippen LogP contribution is 2.42.